The van der Waals surface area contributed by atoms with E-state index >= 15 is 0 Å². The summed E-state index contributed by atoms with van der Waals surface area (Å²) in [5.74, 6) is 0. The Bertz CT molecular complexity index is 38.8. The number of rotatable bonds is 0. The molecule has 0 spiro atoms. The van der Waals surface area contributed by atoms with Gasteiger partial charge in [0, 0.05) is 0 Å². The Hall–Kier alpha value is -0.0800. The molecule has 0 bridgehead atoms. The molecule has 0 aromatic rings. The summed E-state index contributed by atoms with van der Waals surface area (Å²) in [4.78, 5) is 0. The van der Waals surface area contributed by atoms with Gasteiger partial charge < -0.3 is 11.5 Å². The van der Waals surface area contributed by atoms with E-state index in [2.05, 4.69) is 0 Å². The lowest BCUT2D eigenvalue weighted by Crippen LogP contribution is -1.87. The van der Waals surface area contributed by atoms with E-state index in [4.69, 9.17) is 11.5 Å². The Morgan fingerprint density at radius 2 is 0.714 bits per heavy atom. The van der Waals surface area contributed by atoms with Crippen molar-refractivity contribution < 1.29 is 0 Å². The molecular weight excluding hydrogens is 172 g/mol. The normalized spacial score (nSPS) is 13.3. The van der Waals surface area contributed by atoms with E-state index < -0.39 is 0 Å². The highest BCUT2D eigenvalue weighted by atomic mass is 14.5. The first-order chi connectivity index (χ1) is 6.83. The Morgan fingerprint density at radius 3 is 0.786 bits per heavy atom. The Labute approximate surface area is 91.4 Å². The van der Waals surface area contributed by atoms with E-state index in [9.17, 15) is 0 Å². The third-order valence-electron chi connectivity index (χ3n) is 1.50. The van der Waals surface area contributed by atoms with Gasteiger partial charge in [0.1, 0.15) is 0 Å². The zero-order valence-corrected chi connectivity index (χ0v) is 10.8. The lowest BCUT2D eigenvalue weighted by Gasteiger charge is -2.05. The van der Waals surface area contributed by atoms with Crippen LogP contribution in [0.25, 0.3) is 0 Å². The van der Waals surface area contributed by atoms with Crippen molar-refractivity contribution in [2.75, 3.05) is 13.1 Å². The lowest BCUT2D eigenvalue weighted by atomic mass is 10.0. The van der Waals surface area contributed by atoms with Crippen LogP contribution in [0.5, 0.6) is 0 Å². The summed E-state index contributed by atoms with van der Waals surface area (Å²) >= 11 is 0. The van der Waals surface area contributed by atoms with Crippen molar-refractivity contribution >= 4 is 0 Å². The minimum absolute atomic E-state index is 0.750. The lowest BCUT2D eigenvalue weighted by molar-refractivity contribution is 0.504. The maximum absolute atomic E-state index is 4.85. The van der Waals surface area contributed by atoms with Gasteiger partial charge in [-0.1, -0.05) is 66.2 Å². The van der Waals surface area contributed by atoms with E-state index in [1.54, 1.807) is 0 Å². The molecule has 1 saturated carbocycles. The molecule has 4 N–H and O–H groups in total. The summed E-state index contributed by atoms with van der Waals surface area (Å²) in [6.45, 7) is 9.31. The third-order valence-corrected chi connectivity index (χ3v) is 1.50. The maximum Gasteiger partial charge on any atom is -0.0106 e. The first kappa shape index (κ1) is 19.5. The van der Waals surface area contributed by atoms with Crippen LogP contribution in [-0.2, 0) is 0 Å². The van der Waals surface area contributed by atoms with E-state index in [0.29, 0.717) is 0 Å². The molecule has 1 aliphatic rings. The van der Waals surface area contributed by atoms with Crippen molar-refractivity contribution in [3.8, 4) is 0 Å². The second-order valence-corrected chi connectivity index (χ2v) is 2.94. The molecule has 0 aromatic carbocycles. The molecule has 1 rings (SSSR count). The molecule has 0 atom stereocenters. The van der Waals surface area contributed by atoms with Crippen LogP contribution in [0.3, 0.4) is 0 Å². The molecule has 0 aliphatic heterocycles. The summed E-state index contributed by atoms with van der Waals surface area (Å²) in [6.07, 6.45) is 9.00. The molecular formula is C12H32N2. The minimum Gasteiger partial charge on any atom is -0.331 e. The molecule has 0 saturated heterocycles. The molecule has 2 nitrogen and oxygen atoms in total. The van der Waals surface area contributed by atoms with Gasteiger partial charge in [0.2, 0.25) is 0 Å². The molecule has 2 heteroatoms. The quantitative estimate of drug-likeness (QED) is 0.636. The summed E-state index contributed by atoms with van der Waals surface area (Å²) in [5.41, 5.74) is 9.69. The summed E-state index contributed by atoms with van der Waals surface area (Å²) in [6, 6.07) is 0. The standard InChI is InChI=1S/C6H12.2C2H7N.C2H6/c1-2-4-6-5-3-1;2*1-2-3;1-2/h1-6H2;2*2-3H2,1H3;1-2H3. The number of hydrogen-bond acceptors (Lipinski definition) is 2. The third kappa shape index (κ3) is 40.6. The van der Waals surface area contributed by atoms with Gasteiger partial charge in [-0.3, -0.25) is 0 Å². The van der Waals surface area contributed by atoms with Crippen molar-refractivity contribution in [3.63, 3.8) is 0 Å². The second kappa shape index (κ2) is 29.3. The molecule has 1 fully saturated rings. The van der Waals surface area contributed by atoms with Gasteiger partial charge in [-0.2, -0.15) is 0 Å². The molecule has 1 aliphatic carbocycles. The largest absolute Gasteiger partial charge is 0.331 e. The van der Waals surface area contributed by atoms with Crippen LogP contribution in [0.15, 0.2) is 0 Å². The average molecular weight is 204 g/mol. The van der Waals surface area contributed by atoms with Crippen molar-refractivity contribution in [1.82, 2.24) is 0 Å². The van der Waals surface area contributed by atoms with Crippen LogP contribution in [0.1, 0.15) is 66.2 Å². The van der Waals surface area contributed by atoms with Gasteiger partial charge in [-0.05, 0) is 13.1 Å². The van der Waals surface area contributed by atoms with Gasteiger partial charge in [-0.25, -0.2) is 0 Å². The topological polar surface area (TPSA) is 52.0 Å². The van der Waals surface area contributed by atoms with Crippen molar-refractivity contribution in [3.05, 3.63) is 0 Å². The highest BCUT2D eigenvalue weighted by Crippen LogP contribution is 2.15. The Balaban J connectivity index is -0.000000132. The molecule has 0 amide bonds. The van der Waals surface area contributed by atoms with Crippen molar-refractivity contribution in [2.24, 2.45) is 11.5 Å². The number of hydrogen-bond donors (Lipinski definition) is 2. The van der Waals surface area contributed by atoms with E-state index in [1.165, 1.54) is 38.5 Å². The van der Waals surface area contributed by atoms with Gasteiger partial charge in [0.15, 0.2) is 0 Å². The summed E-state index contributed by atoms with van der Waals surface area (Å²) in [7, 11) is 0. The van der Waals surface area contributed by atoms with Gasteiger partial charge in [0.25, 0.3) is 0 Å². The smallest absolute Gasteiger partial charge is 0.0106 e. The van der Waals surface area contributed by atoms with Crippen LogP contribution in [0.4, 0.5) is 0 Å². The number of nitrogens with two attached hydrogens (primary N) is 2. The van der Waals surface area contributed by atoms with E-state index in [-0.39, 0.29) is 0 Å². The molecule has 14 heavy (non-hydrogen) atoms. The molecule has 0 aromatic heterocycles. The maximum atomic E-state index is 4.85. The minimum atomic E-state index is 0.750. The zero-order chi connectivity index (χ0) is 11.7. The van der Waals surface area contributed by atoms with E-state index in [0.717, 1.165) is 13.1 Å². The monoisotopic (exact) mass is 204 g/mol. The average Bonchev–Trinajstić information content (AvgIpc) is 2.26. The fourth-order valence-corrected chi connectivity index (χ4v) is 1.06. The second-order valence-electron chi connectivity index (χ2n) is 2.94. The fraction of sp³-hybridized carbons (Fsp3) is 1.00. The van der Waals surface area contributed by atoms with Crippen molar-refractivity contribution in [1.29, 1.82) is 0 Å². The highest BCUT2D eigenvalue weighted by molar-refractivity contribution is 4.51. The highest BCUT2D eigenvalue weighted by Gasteiger charge is 1.95. The van der Waals surface area contributed by atoms with Gasteiger partial charge >= 0.3 is 0 Å². The molecule has 0 heterocycles. The Kier molecular flexibility index (Phi) is 40.7. The fourth-order valence-electron chi connectivity index (χ4n) is 1.06. The molecule has 0 unspecified atom stereocenters. The molecule has 90 valence electrons. The zero-order valence-electron chi connectivity index (χ0n) is 10.8. The van der Waals surface area contributed by atoms with Crippen LogP contribution >= 0.6 is 0 Å². The van der Waals surface area contributed by atoms with E-state index in [1.807, 2.05) is 27.7 Å². The van der Waals surface area contributed by atoms with Crippen LogP contribution < -0.4 is 11.5 Å². The van der Waals surface area contributed by atoms with Crippen LogP contribution in [-0.4, -0.2) is 13.1 Å². The predicted octanol–water partition coefficient (Wildman–Crippen LogP) is 3.30. The van der Waals surface area contributed by atoms with Gasteiger partial charge in [-0.15, -0.1) is 0 Å². The van der Waals surface area contributed by atoms with Crippen LogP contribution in [0, 0.1) is 0 Å². The summed E-state index contributed by atoms with van der Waals surface area (Å²) < 4.78 is 0. The SMILES string of the molecule is C1CCCCC1.CC.CCN.CCN. The van der Waals surface area contributed by atoms with Crippen molar-refractivity contribution in [2.45, 2.75) is 66.2 Å². The van der Waals surface area contributed by atoms with Gasteiger partial charge in [0.05, 0.1) is 0 Å². The first-order valence-corrected chi connectivity index (χ1v) is 6.23. The Morgan fingerprint density at radius 1 is 0.643 bits per heavy atom. The first-order valence-electron chi connectivity index (χ1n) is 6.23. The molecule has 0 radical (unpaired) electrons. The summed E-state index contributed by atoms with van der Waals surface area (Å²) in [5, 5.41) is 0. The predicted molar refractivity (Wildman–Crippen MR) is 68.5 cm³/mol. The van der Waals surface area contributed by atoms with Crippen LogP contribution in [0.2, 0.25) is 0 Å².